The molecule has 0 atom stereocenters. The van der Waals surface area contributed by atoms with Crippen molar-refractivity contribution in [3.8, 4) is 22.3 Å². The fourth-order valence-electron chi connectivity index (χ4n) is 4.12. The molecule has 0 bridgehead atoms. The average Bonchev–Trinajstić information content (AvgIpc) is 2.61. The van der Waals surface area contributed by atoms with Crippen molar-refractivity contribution < 1.29 is 0 Å². The lowest BCUT2D eigenvalue weighted by Gasteiger charge is -2.48. The van der Waals surface area contributed by atoms with E-state index in [0.717, 1.165) is 0 Å². The van der Waals surface area contributed by atoms with Crippen molar-refractivity contribution in [2.45, 2.75) is 52.6 Å². The van der Waals surface area contributed by atoms with Gasteiger partial charge in [0.1, 0.15) is 0 Å². The van der Waals surface area contributed by atoms with Crippen LogP contribution in [0, 0.1) is 0 Å². The van der Waals surface area contributed by atoms with Crippen molar-refractivity contribution in [2.24, 2.45) is 0 Å². The topological polar surface area (TPSA) is 3.24 Å². The maximum Gasteiger partial charge on any atom is 0.0455 e. The van der Waals surface area contributed by atoms with E-state index in [2.05, 4.69) is 125 Å². The second kappa shape index (κ2) is 7.23. The third-order valence-corrected chi connectivity index (χ3v) is 4.77. The zero-order valence-corrected chi connectivity index (χ0v) is 17.5. The highest BCUT2D eigenvalue weighted by Gasteiger charge is 2.33. The molecule has 0 aliphatic heterocycles. The van der Waals surface area contributed by atoms with Gasteiger partial charge in [0, 0.05) is 22.3 Å². The molecule has 0 aliphatic carbocycles. The summed E-state index contributed by atoms with van der Waals surface area (Å²) in [5, 5.41) is 0. The molecule has 1 nitrogen and oxygen atoms in total. The maximum absolute atomic E-state index is 2.54. The Hall–Kier alpha value is -2.54. The molecule has 0 saturated carbocycles. The van der Waals surface area contributed by atoms with E-state index in [1.165, 1.54) is 27.9 Å². The van der Waals surface area contributed by atoms with Gasteiger partial charge >= 0.3 is 0 Å². The largest absolute Gasteiger partial charge is 0.361 e. The number of benzene rings is 3. The van der Waals surface area contributed by atoms with Crippen LogP contribution in [0.3, 0.4) is 0 Å². The van der Waals surface area contributed by atoms with Crippen LogP contribution in [0.5, 0.6) is 0 Å². The van der Waals surface area contributed by atoms with Crippen LogP contribution in [-0.4, -0.2) is 11.1 Å². The summed E-state index contributed by atoms with van der Waals surface area (Å²) in [6.45, 7) is 13.7. The first kappa shape index (κ1) is 19.2. The molecule has 0 fully saturated rings. The van der Waals surface area contributed by atoms with Gasteiger partial charge in [-0.05, 0) is 70.4 Å². The molecule has 1 heteroatoms. The zero-order valence-electron chi connectivity index (χ0n) is 17.5. The molecule has 3 rings (SSSR count). The van der Waals surface area contributed by atoms with Crippen LogP contribution in [0.4, 0.5) is 5.69 Å². The molecule has 0 radical (unpaired) electrons. The molecule has 0 N–H and O–H groups in total. The summed E-state index contributed by atoms with van der Waals surface area (Å²) in [6, 6.07) is 28.2. The molecule has 3 aromatic carbocycles. The minimum absolute atomic E-state index is 0.00996. The Labute approximate surface area is 164 Å². The predicted octanol–water partition coefficient (Wildman–Crippen LogP) is 7.42. The molecule has 0 amide bonds. The third kappa shape index (κ3) is 4.24. The lowest BCUT2D eigenvalue weighted by Crippen LogP contribution is -2.53. The summed E-state index contributed by atoms with van der Waals surface area (Å²) in [7, 11) is 0. The van der Waals surface area contributed by atoms with Gasteiger partial charge in [0.15, 0.2) is 0 Å². The predicted molar refractivity (Wildman–Crippen MR) is 119 cm³/mol. The van der Waals surface area contributed by atoms with Crippen LogP contribution in [-0.2, 0) is 0 Å². The number of anilines is 1. The summed E-state index contributed by atoms with van der Waals surface area (Å²) in [5.41, 5.74) is 6.33. The van der Waals surface area contributed by atoms with E-state index < -0.39 is 0 Å². The highest BCUT2D eigenvalue weighted by atomic mass is 15.2. The van der Waals surface area contributed by atoms with Crippen LogP contribution in [0.15, 0.2) is 78.9 Å². The molecule has 3 aromatic rings. The SMILES string of the molecule is CC(C)(C)N(c1ccc(-c2ccccc2)cc1-c1ccccc1)C(C)(C)C. The van der Waals surface area contributed by atoms with Crippen LogP contribution in [0.25, 0.3) is 22.3 Å². The van der Waals surface area contributed by atoms with Gasteiger partial charge < -0.3 is 4.90 Å². The van der Waals surface area contributed by atoms with Crippen molar-refractivity contribution in [3.63, 3.8) is 0 Å². The van der Waals surface area contributed by atoms with Crippen molar-refractivity contribution in [1.29, 1.82) is 0 Å². The summed E-state index contributed by atoms with van der Waals surface area (Å²) >= 11 is 0. The van der Waals surface area contributed by atoms with Gasteiger partial charge in [-0.25, -0.2) is 0 Å². The summed E-state index contributed by atoms with van der Waals surface area (Å²) < 4.78 is 0. The van der Waals surface area contributed by atoms with Gasteiger partial charge in [0.05, 0.1) is 0 Å². The van der Waals surface area contributed by atoms with Crippen LogP contribution in [0.2, 0.25) is 0 Å². The monoisotopic (exact) mass is 357 g/mol. The Morgan fingerprint density at radius 3 is 1.48 bits per heavy atom. The highest BCUT2D eigenvalue weighted by Crippen LogP contribution is 2.41. The second-order valence-electron chi connectivity index (χ2n) is 9.14. The summed E-state index contributed by atoms with van der Waals surface area (Å²) in [4.78, 5) is 2.54. The van der Waals surface area contributed by atoms with Crippen molar-refractivity contribution >= 4 is 5.69 Å². The van der Waals surface area contributed by atoms with E-state index in [0.29, 0.717) is 0 Å². The van der Waals surface area contributed by atoms with Gasteiger partial charge in [-0.1, -0.05) is 66.7 Å². The second-order valence-corrected chi connectivity index (χ2v) is 9.14. The Morgan fingerprint density at radius 1 is 0.519 bits per heavy atom. The first-order chi connectivity index (χ1) is 12.7. The first-order valence-corrected chi connectivity index (χ1v) is 9.73. The Balaban J connectivity index is 2.25. The standard InChI is InChI=1S/C26H31N/c1-25(2,3)27(26(4,5)6)24-18-17-22(20-13-9-7-10-14-20)19-23(24)21-15-11-8-12-16-21/h7-19H,1-6H3. The van der Waals surface area contributed by atoms with Crippen LogP contribution in [0.1, 0.15) is 41.5 Å². The van der Waals surface area contributed by atoms with Gasteiger partial charge in [0.25, 0.3) is 0 Å². The molecule has 0 unspecified atom stereocenters. The van der Waals surface area contributed by atoms with Gasteiger partial charge in [0.2, 0.25) is 0 Å². The van der Waals surface area contributed by atoms with E-state index in [9.17, 15) is 0 Å². The Bertz CT molecular complexity index is 867. The molecule has 0 heterocycles. The fourth-order valence-corrected chi connectivity index (χ4v) is 4.12. The smallest absolute Gasteiger partial charge is 0.0455 e. The van der Waals surface area contributed by atoms with Crippen LogP contribution < -0.4 is 4.90 Å². The zero-order chi connectivity index (χ0) is 19.7. The molecule has 140 valence electrons. The van der Waals surface area contributed by atoms with Crippen molar-refractivity contribution in [2.75, 3.05) is 4.90 Å². The average molecular weight is 358 g/mol. The number of rotatable bonds is 3. The molecule has 27 heavy (non-hydrogen) atoms. The number of nitrogens with zero attached hydrogens (tertiary/aromatic N) is 1. The highest BCUT2D eigenvalue weighted by molar-refractivity contribution is 5.84. The molecule has 0 spiro atoms. The summed E-state index contributed by atoms with van der Waals surface area (Å²) in [6.07, 6.45) is 0. The number of hydrogen-bond donors (Lipinski definition) is 0. The van der Waals surface area contributed by atoms with Crippen molar-refractivity contribution in [1.82, 2.24) is 0 Å². The molecular weight excluding hydrogens is 326 g/mol. The minimum Gasteiger partial charge on any atom is -0.361 e. The quantitative estimate of drug-likeness (QED) is 0.471. The fraction of sp³-hybridized carbons (Fsp3) is 0.308. The van der Waals surface area contributed by atoms with E-state index in [-0.39, 0.29) is 11.1 Å². The first-order valence-electron chi connectivity index (χ1n) is 9.73. The molecule has 0 saturated heterocycles. The molecular formula is C26H31N. The lowest BCUT2D eigenvalue weighted by atomic mass is 9.90. The van der Waals surface area contributed by atoms with E-state index >= 15 is 0 Å². The molecule has 0 aromatic heterocycles. The maximum atomic E-state index is 2.54. The van der Waals surface area contributed by atoms with E-state index in [1.54, 1.807) is 0 Å². The van der Waals surface area contributed by atoms with Gasteiger partial charge in [-0.15, -0.1) is 0 Å². The van der Waals surface area contributed by atoms with E-state index in [1.807, 2.05) is 0 Å². The minimum atomic E-state index is 0.00996. The van der Waals surface area contributed by atoms with Crippen LogP contribution >= 0.6 is 0 Å². The van der Waals surface area contributed by atoms with Gasteiger partial charge in [-0.2, -0.15) is 0 Å². The van der Waals surface area contributed by atoms with E-state index in [4.69, 9.17) is 0 Å². The normalized spacial score (nSPS) is 12.1. The van der Waals surface area contributed by atoms with Gasteiger partial charge in [-0.3, -0.25) is 0 Å². The molecule has 0 aliphatic rings. The third-order valence-electron chi connectivity index (χ3n) is 4.77. The lowest BCUT2D eigenvalue weighted by molar-refractivity contribution is 0.381. The van der Waals surface area contributed by atoms with Crippen molar-refractivity contribution in [3.05, 3.63) is 78.9 Å². The summed E-state index contributed by atoms with van der Waals surface area (Å²) in [5.74, 6) is 0. The Kier molecular flexibility index (Phi) is 5.15. The Morgan fingerprint density at radius 2 is 1.00 bits per heavy atom. The number of hydrogen-bond acceptors (Lipinski definition) is 1.